The minimum atomic E-state index is -3.14. The molecule has 0 aromatic carbocycles. The topological polar surface area (TPSA) is 75.6 Å². The second-order valence-corrected chi connectivity index (χ2v) is 21.4. The van der Waals surface area contributed by atoms with Crippen LogP contribution in [0.3, 0.4) is 0 Å². The molecule has 0 aliphatic heterocycles. The maximum Gasteiger partial charge on any atom is 0.208 e. The Hall–Kier alpha value is -0.0231. The molecule has 4 aliphatic carbocycles. The van der Waals surface area contributed by atoms with Gasteiger partial charge in [-0.3, -0.25) is 0 Å². The molecule has 0 amide bonds. The maximum absolute atomic E-state index is 16.0. The van der Waals surface area contributed by atoms with Gasteiger partial charge in [0, 0.05) is 12.5 Å². The van der Waals surface area contributed by atoms with E-state index < -0.39 is 30.6 Å². The van der Waals surface area contributed by atoms with Gasteiger partial charge in [-0.2, -0.15) is 0 Å². The van der Waals surface area contributed by atoms with E-state index in [-0.39, 0.29) is 28.8 Å². The van der Waals surface area contributed by atoms with Crippen molar-refractivity contribution in [2.45, 2.75) is 124 Å². The van der Waals surface area contributed by atoms with Gasteiger partial charge >= 0.3 is 0 Å². The first-order chi connectivity index (χ1) is 17.5. The molecular weight excluding hydrogens is 517 g/mol. The van der Waals surface area contributed by atoms with Crippen molar-refractivity contribution >= 4 is 18.3 Å². The molecule has 222 valence electrons. The molecule has 8 heteroatoms. The number of fused-ring (bicyclic) bond motifs is 5. The predicted octanol–water partition coefficient (Wildman–Crippen LogP) is 6.39. The van der Waals surface area contributed by atoms with Crippen molar-refractivity contribution in [2.24, 2.45) is 52.3 Å². The van der Waals surface area contributed by atoms with Crippen LogP contribution in [-0.4, -0.2) is 53.0 Å². The molecule has 4 aliphatic rings. The number of hydrogen-bond donors (Lipinski definition) is 2. The third kappa shape index (κ3) is 5.69. The van der Waals surface area contributed by atoms with Crippen molar-refractivity contribution in [3.8, 4) is 0 Å². The van der Waals surface area contributed by atoms with Crippen molar-refractivity contribution in [3.63, 3.8) is 0 Å². The second kappa shape index (κ2) is 11.0. The molecule has 4 saturated carbocycles. The lowest BCUT2D eigenvalue weighted by Gasteiger charge is -2.66. The van der Waals surface area contributed by atoms with Crippen molar-refractivity contribution in [1.82, 2.24) is 4.72 Å². The summed E-state index contributed by atoms with van der Waals surface area (Å²) in [5.74, 6) is 2.70. The highest BCUT2D eigenvalue weighted by Crippen LogP contribution is 2.70. The molecule has 0 saturated heterocycles. The average Bonchev–Trinajstić information content (AvgIpc) is 3.16. The molecule has 0 aromatic rings. The van der Waals surface area contributed by atoms with Crippen molar-refractivity contribution in [3.05, 3.63) is 0 Å². The monoisotopic (exact) mass is 573 g/mol. The normalized spacial score (nSPS) is 46.2. The summed E-state index contributed by atoms with van der Waals surface area (Å²) >= 11 is 0. The summed E-state index contributed by atoms with van der Waals surface area (Å²) in [7, 11) is -5.02. The largest absolute Gasteiger partial charge is 0.414 e. The van der Waals surface area contributed by atoms with Gasteiger partial charge in [0.05, 0.1) is 18.5 Å². The fourth-order valence-electron chi connectivity index (χ4n) is 10.4. The molecule has 4 rings (SSSR count). The Morgan fingerprint density at radius 2 is 1.71 bits per heavy atom. The third-order valence-corrected chi connectivity index (χ3v) is 13.5. The summed E-state index contributed by atoms with van der Waals surface area (Å²) in [5.41, 5.74) is 0.169. The van der Waals surface area contributed by atoms with Gasteiger partial charge in [0.2, 0.25) is 10.0 Å². The average molecular weight is 574 g/mol. The Balaban J connectivity index is 1.63. The second-order valence-electron chi connectivity index (χ2n) is 15.2. The van der Waals surface area contributed by atoms with Crippen LogP contribution in [0.4, 0.5) is 4.39 Å². The number of hydrogen-bond acceptors (Lipinski definition) is 4. The Morgan fingerprint density at radius 1 is 1.08 bits per heavy atom. The molecule has 0 bridgehead atoms. The fraction of sp³-hybridized carbons (Fsp3) is 1.00. The van der Waals surface area contributed by atoms with Gasteiger partial charge in [0.15, 0.2) is 8.32 Å². The lowest BCUT2D eigenvalue weighted by molar-refractivity contribution is -0.218. The lowest BCUT2D eigenvalue weighted by Crippen LogP contribution is -2.66. The van der Waals surface area contributed by atoms with E-state index in [1.54, 1.807) is 0 Å². The molecule has 38 heavy (non-hydrogen) atoms. The van der Waals surface area contributed by atoms with Crippen LogP contribution in [-0.2, 0) is 14.4 Å². The van der Waals surface area contributed by atoms with E-state index >= 15 is 4.39 Å². The van der Waals surface area contributed by atoms with Gasteiger partial charge < -0.3 is 9.53 Å². The van der Waals surface area contributed by atoms with E-state index in [2.05, 4.69) is 52.1 Å². The number of rotatable bonds is 9. The summed E-state index contributed by atoms with van der Waals surface area (Å²) in [6.07, 6.45) is 8.41. The van der Waals surface area contributed by atoms with Crippen LogP contribution in [0.25, 0.3) is 0 Å². The van der Waals surface area contributed by atoms with Gasteiger partial charge in [0.1, 0.15) is 6.17 Å². The smallest absolute Gasteiger partial charge is 0.208 e. The number of nitrogens with one attached hydrogen (secondary N) is 1. The minimum Gasteiger partial charge on any atom is -0.414 e. The summed E-state index contributed by atoms with van der Waals surface area (Å²) in [6.45, 7) is 16.8. The van der Waals surface area contributed by atoms with E-state index in [9.17, 15) is 13.5 Å². The Kier molecular flexibility index (Phi) is 8.95. The third-order valence-electron chi connectivity index (χ3n) is 11.8. The molecule has 0 aromatic heterocycles. The van der Waals surface area contributed by atoms with Crippen LogP contribution in [0.5, 0.6) is 0 Å². The first-order valence-electron chi connectivity index (χ1n) is 15.5. The van der Waals surface area contributed by atoms with Crippen LogP contribution in [0.15, 0.2) is 0 Å². The highest BCUT2D eigenvalue weighted by Gasteiger charge is 2.67. The summed E-state index contributed by atoms with van der Waals surface area (Å²) in [6, 6.07) is 0. The first kappa shape index (κ1) is 30.9. The fourth-order valence-corrected chi connectivity index (χ4v) is 12.0. The number of aliphatic hydroxyl groups excluding tert-OH is 1. The number of alkyl halides is 1. The zero-order valence-electron chi connectivity index (χ0n) is 25.3. The molecule has 0 radical (unpaired) electrons. The molecule has 4 fully saturated rings. The molecule has 5 nitrogen and oxygen atoms in total. The SMILES string of the molecule is CC[C@H]1[C@@H](O[Si](C)(C)C)[C@@H]2[C@H](CC[C@]3(C)[C@@H](C(C)CCCNS(C)(=O)=O)CC[C@@H]23)[C@@]2(C)CC[C@@H](O)[C@H](F)[C@@H]12. The Labute approximate surface area is 233 Å². The number of halogens is 1. The lowest BCUT2D eigenvalue weighted by atomic mass is 9.41. The number of sulfonamides is 1. The maximum atomic E-state index is 16.0. The number of aliphatic hydroxyl groups is 1. The van der Waals surface area contributed by atoms with Crippen molar-refractivity contribution < 1.29 is 22.3 Å². The minimum absolute atomic E-state index is 0.0777. The molecule has 0 spiro atoms. The predicted molar refractivity (Wildman–Crippen MR) is 156 cm³/mol. The van der Waals surface area contributed by atoms with Crippen molar-refractivity contribution in [2.75, 3.05) is 12.8 Å². The van der Waals surface area contributed by atoms with Crippen LogP contribution in [0.1, 0.15) is 85.5 Å². The van der Waals surface area contributed by atoms with E-state index in [0.29, 0.717) is 42.6 Å². The molecule has 0 heterocycles. The van der Waals surface area contributed by atoms with E-state index in [1.165, 1.54) is 25.5 Å². The van der Waals surface area contributed by atoms with Crippen LogP contribution >= 0.6 is 0 Å². The van der Waals surface area contributed by atoms with Gasteiger partial charge in [-0.25, -0.2) is 17.5 Å². The van der Waals surface area contributed by atoms with E-state index in [0.717, 1.165) is 32.1 Å². The quantitative estimate of drug-likeness (QED) is 0.248. The first-order valence-corrected chi connectivity index (χ1v) is 20.8. The van der Waals surface area contributed by atoms with Crippen molar-refractivity contribution in [1.29, 1.82) is 0 Å². The van der Waals surface area contributed by atoms with Gasteiger partial charge in [-0.15, -0.1) is 0 Å². The highest BCUT2D eigenvalue weighted by atomic mass is 32.2. The van der Waals surface area contributed by atoms with Crippen LogP contribution < -0.4 is 4.72 Å². The van der Waals surface area contributed by atoms with Gasteiger partial charge in [-0.05, 0) is 117 Å². The molecule has 2 N–H and O–H groups in total. The summed E-state index contributed by atoms with van der Waals surface area (Å²) in [5, 5.41) is 10.6. The summed E-state index contributed by atoms with van der Waals surface area (Å²) in [4.78, 5) is 0. The van der Waals surface area contributed by atoms with E-state index in [1.807, 2.05) is 0 Å². The zero-order chi connectivity index (χ0) is 28.3. The van der Waals surface area contributed by atoms with Crippen LogP contribution in [0.2, 0.25) is 19.6 Å². The molecule has 12 atom stereocenters. The van der Waals surface area contributed by atoms with Gasteiger partial charge in [-0.1, -0.05) is 34.1 Å². The molecule has 1 unspecified atom stereocenters. The Morgan fingerprint density at radius 3 is 2.32 bits per heavy atom. The summed E-state index contributed by atoms with van der Waals surface area (Å²) < 4.78 is 48.7. The molecular formula is C30H56FNO4SSi. The van der Waals surface area contributed by atoms with Crippen LogP contribution in [0, 0.1) is 52.3 Å². The van der Waals surface area contributed by atoms with Gasteiger partial charge in [0.25, 0.3) is 0 Å². The Bertz CT molecular complexity index is 943. The zero-order valence-corrected chi connectivity index (χ0v) is 27.1. The standard InChI is InChI=1S/C30H56FNO4SSi/c1-9-20-26-27(31)24(33)15-17-30(26,4)23-14-16-29(3)21(19(2)11-10-18-32-37(5,34)35)12-13-22(29)25(23)28(20)36-38(6,7)8/h19-28,32-33H,9-18H2,1-8H3/t19?,20-,21-,22+,23+,24-,25+,26-,27+,28-,29-,30-/m1/s1. The highest BCUT2D eigenvalue weighted by molar-refractivity contribution is 7.88. The van der Waals surface area contributed by atoms with E-state index in [4.69, 9.17) is 4.43 Å².